The second-order valence-corrected chi connectivity index (χ2v) is 6.01. The summed E-state index contributed by atoms with van der Waals surface area (Å²) < 4.78 is 5.62. The van der Waals surface area contributed by atoms with E-state index >= 15 is 0 Å². The molecular formula is C19H15ClN2O2S. The molecule has 0 spiro atoms. The minimum Gasteiger partial charge on any atom is -0.489 e. The summed E-state index contributed by atoms with van der Waals surface area (Å²) in [7, 11) is 0. The average Bonchev–Trinajstić information content (AvgIpc) is 2.88. The maximum absolute atomic E-state index is 12.8. The number of amides is 1. The number of hydrogen-bond donors (Lipinski definition) is 1. The lowest BCUT2D eigenvalue weighted by Gasteiger charge is -2.15. The lowest BCUT2D eigenvalue weighted by Crippen LogP contribution is -2.30. The van der Waals surface area contributed by atoms with Crippen molar-refractivity contribution in [1.82, 2.24) is 5.32 Å². The van der Waals surface area contributed by atoms with Crippen LogP contribution in [-0.2, 0) is 4.79 Å². The van der Waals surface area contributed by atoms with Gasteiger partial charge in [-0.15, -0.1) is 0 Å². The van der Waals surface area contributed by atoms with E-state index in [2.05, 4.69) is 11.9 Å². The number of carbonyl (C=O) groups is 1. The lowest BCUT2D eigenvalue weighted by atomic mass is 10.1. The maximum Gasteiger partial charge on any atom is 0.281 e. The van der Waals surface area contributed by atoms with Crippen molar-refractivity contribution in [2.45, 2.75) is 0 Å². The predicted octanol–water partition coefficient (Wildman–Crippen LogP) is 4.17. The van der Waals surface area contributed by atoms with Crippen LogP contribution in [0.3, 0.4) is 0 Å². The molecule has 126 valence electrons. The Bertz CT molecular complexity index is 879. The van der Waals surface area contributed by atoms with Crippen LogP contribution in [0, 0.1) is 0 Å². The third kappa shape index (κ3) is 3.57. The molecule has 0 aromatic heterocycles. The van der Waals surface area contributed by atoms with Crippen LogP contribution in [0.5, 0.6) is 5.75 Å². The van der Waals surface area contributed by atoms with Crippen LogP contribution in [0.4, 0.5) is 5.69 Å². The molecule has 1 aliphatic heterocycles. The molecule has 25 heavy (non-hydrogen) atoms. The minimum absolute atomic E-state index is 0.267. The zero-order valence-corrected chi connectivity index (χ0v) is 14.8. The van der Waals surface area contributed by atoms with Crippen LogP contribution in [0.1, 0.15) is 5.56 Å². The predicted molar refractivity (Wildman–Crippen MR) is 105 cm³/mol. The number of nitrogens with zero attached hydrogens (tertiary/aromatic N) is 1. The smallest absolute Gasteiger partial charge is 0.281 e. The molecule has 0 atom stereocenters. The molecule has 0 bridgehead atoms. The van der Waals surface area contributed by atoms with Gasteiger partial charge in [-0.1, -0.05) is 54.6 Å². The molecule has 1 saturated heterocycles. The van der Waals surface area contributed by atoms with Gasteiger partial charge in [-0.3, -0.25) is 9.69 Å². The molecule has 6 heteroatoms. The van der Waals surface area contributed by atoms with Crippen molar-refractivity contribution in [1.29, 1.82) is 0 Å². The number of ether oxygens (including phenoxy) is 1. The summed E-state index contributed by atoms with van der Waals surface area (Å²) in [6, 6.07) is 14.5. The van der Waals surface area contributed by atoms with Gasteiger partial charge in [-0.25, -0.2) is 0 Å². The van der Waals surface area contributed by atoms with Crippen molar-refractivity contribution in [3.8, 4) is 5.75 Å². The number of benzene rings is 2. The van der Waals surface area contributed by atoms with Gasteiger partial charge >= 0.3 is 0 Å². The zero-order valence-electron chi connectivity index (χ0n) is 13.2. The van der Waals surface area contributed by atoms with Crippen LogP contribution in [-0.4, -0.2) is 17.6 Å². The van der Waals surface area contributed by atoms with Crippen LogP contribution in [0.25, 0.3) is 6.08 Å². The second kappa shape index (κ2) is 7.51. The van der Waals surface area contributed by atoms with E-state index in [1.54, 1.807) is 36.4 Å². The van der Waals surface area contributed by atoms with Gasteiger partial charge in [-0.05, 0) is 36.5 Å². The summed E-state index contributed by atoms with van der Waals surface area (Å²) in [6.45, 7) is 4.02. The number of hydrogen-bond acceptors (Lipinski definition) is 3. The molecule has 1 aliphatic rings. The topological polar surface area (TPSA) is 41.6 Å². The van der Waals surface area contributed by atoms with E-state index in [4.69, 9.17) is 28.6 Å². The first-order chi connectivity index (χ1) is 12.1. The van der Waals surface area contributed by atoms with Crippen LogP contribution >= 0.6 is 23.8 Å². The summed E-state index contributed by atoms with van der Waals surface area (Å²) in [5.41, 5.74) is 1.68. The van der Waals surface area contributed by atoms with E-state index in [9.17, 15) is 4.79 Å². The van der Waals surface area contributed by atoms with Crippen molar-refractivity contribution < 1.29 is 9.53 Å². The van der Waals surface area contributed by atoms with E-state index in [1.165, 1.54) is 4.90 Å². The summed E-state index contributed by atoms with van der Waals surface area (Å²) in [4.78, 5) is 14.2. The first kappa shape index (κ1) is 17.2. The molecular weight excluding hydrogens is 356 g/mol. The molecule has 1 fully saturated rings. The molecule has 2 aromatic carbocycles. The Labute approximate surface area is 156 Å². The highest BCUT2D eigenvalue weighted by Crippen LogP contribution is 2.30. The number of thiocarbonyl (C=S) groups is 1. The Balaban J connectivity index is 1.94. The normalized spacial score (nSPS) is 15.4. The number of halogens is 1. The quantitative estimate of drug-likeness (QED) is 0.487. The summed E-state index contributed by atoms with van der Waals surface area (Å²) in [6.07, 6.45) is 3.38. The Hall–Kier alpha value is -2.63. The standard InChI is InChI=1S/C19H15ClN2O2S/c1-2-11-24-17-10-6-3-7-13(17)12-15-18(23)22(19(25)21-15)16-9-5-4-8-14(16)20/h2-10,12H,1,11H2,(H,21,25)/b15-12+. The number of rotatable bonds is 5. The molecule has 0 saturated carbocycles. The van der Waals surface area contributed by atoms with Crippen molar-refractivity contribution >= 4 is 46.6 Å². The average molecular weight is 371 g/mol. The Morgan fingerprint density at radius 2 is 1.92 bits per heavy atom. The monoisotopic (exact) mass is 370 g/mol. The molecule has 1 heterocycles. The molecule has 4 nitrogen and oxygen atoms in total. The fourth-order valence-electron chi connectivity index (χ4n) is 2.42. The third-order valence-corrected chi connectivity index (χ3v) is 4.15. The lowest BCUT2D eigenvalue weighted by molar-refractivity contribution is -0.113. The maximum atomic E-state index is 12.8. The minimum atomic E-state index is -0.267. The molecule has 3 rings (SSSR count). The molecule has 0 unspecified atom stereocenters. The van der Waals surface area contributed by atoms with Gasteiger partial charge in [0.2, 0.25) is 0 Å². The Kier molecular flexibility index (Phi) is 5.16. The van der Waals surface area contributed by atoms with E-state index in [-0.39, 0.29) is 11.0 Å². The number of anilines is 1. The van der Waals surface area contributed by atoms with Crippen LogP contribution in [0.2, 0.25) is 5.02 Å². The summed E-state index contributed by atoms with van der Waals surface area (Å²) in [5, 5.41) is 3.69. The first-order valence-corrected chi connectivity index (χ1v) is 8.35. The molecule has 0 aliphatic carbocycles. The third-order valence-electron chi connectivity index (χ3n) is 3.55. The van der Waals surface area contributed by atoms with Gasteiger partial charge in [0, 0.05) is 5.56 Å². The number of para-hydroxylation sites is 2. The van der Waals surface area contributed by atoms with Crippen molar-refractivity contribution in [2.75, 3.05) is 11.5 Å². The number of nitrogens with one attached hydrogen (secondary N) is 1. The van der Waals surface area contributed by atoms with Gasteiger partial charge < -0.3 is 10.1 Å². The largest absolute Gasteiger partial charge is 0.489 e. The highest BCUT2D eigenvalue weighted by molar-refractivity contribution is 7.80. The van der Waals surface area contributed by atoms with Gasteiger partial charge in [0.05, 0.1) is 10.7 Å². The van der Waals surface area contributed by atoms with E-state index in [1.807, 2.05) is 24.3 Å². The Morgan fingerprint density at radius 1 is 1.20 bits per heavy atom. The van der Waals surface area contributed by atoms with Gasteiger partial charge in [0.25, 0.3) is 5.91 Å². The molecule has 2 aromatic rings. The highest BCUT2D eigenvalue weighted by atomic mass is 35.5. The van der Waals surface area contributed by atoms with Gasteiger partial charge in [0.1, 0.15) is 18.1 Å². The molecule has 1 N–H and O–H groups in total. The first-order valence-electron chi connectivity index (χ1n) is 7.56. The Morgan fingerprint density at radius 3 is 2.68 bits per heavy atom. The molecule has 1 amide bonds. The van der Waals surface area contributed by atoms with Crippen LogP contribution < -0.4 is 15.0 Å². The SMILES string of the molecule is C=CCOc1ccccc1/C=C1/NC(=S)N(c2ccccc2Cl)C1=O. The van der Waals surface area contributed by atoms with Crippen molar-refractivity contribution in [3.63, 3.8) is 0 Å². The fourth-order valence-corrected chi connectivity index (χ4v) is 2.93. The zero-order chi connectivity index (χ0) is 17.8. The summed E-state index contributed by atoms with van der Waals surface area (Å²) >= 11 is 11.5. The highest BCUT2D eigenvalue weighted by Gasteiger charge is 2.33. The van der Waals surface area contributed by atoms with Gasteiger partial charge in [-0.2, -0.15) is 0 Å². The van der Waals surface area contributed by atoms with Crippen LogP contribution in [0.15, 0.2) is 66.9 Å². The van der Waals surface area contributed by atoms with Crippen molar-refractivity contribution in [3.05, 3.63) is 77.5 Å². The van der Waals surface area contributed by atoms with Crippen molar-refractivity contribution in [2.24, 2.45) is 0 Å². The number of carbonyl (C=O) groups excluding carboxylic acids is 1. The van der Waals surface area contributed by atoms with E-state index < -0.39 is 0 Å². The van der Waals surface area contributed by atoms with E-state index in [0.29, 0.717) is 28.8 Å². The second-order valence-electron chi connectivity index (χ2n) is 5.22. The van der Waals surface area contributed by atoms with E-state index in [0.717, 1.165) is 5.56 Å². The molecule has 0 radical (unpaired) electrons. The van der Waals surface area contributed by atoms with Gasteiger partial charge in [0.15, 0.2) is 5.11 Å². The fraction of sp³-hybridized carbons (Fsp3) is 0.0526. The summed E-state index contributed by atoms with van der Waals surface area (Å²) in [5.74, 6) is 0.392.